The summed E-state index contributed by atoms with van der Waals surface area (Å²) in [5, 5.41) is 1.58. The molecule has 0 N–H and O–H groups in total. The van der Waals surface area contributed by atoms with E-state index in [0.29, 0.717) is 34.5 Å². The zero-order valence-electron chi connectivity index (χ0n) is 12.0. The maximum Gasteiger partial charge on any atom is 0.176 e. The summed E-state index contributed by atoms with van der Waals surface area (Å²) in [7, 11) is 1.58. The Bertz CT molecular complexity index is 766. The SMILES string of the molecule is COCOCc1cc2cccc(Oc3cccc(Cl)c3)c2o1. The summed E-state index contributed by atoms with van der Waals surface area (Å²) < 4.78 is 21.8. The van der Waals surface area contributed by atoms with Crippen LogP contribution in [0.4, 0.5) is 0 Å². The highest BCUT2D eigenvalue weighted by Gasteiger charge is 2.10. The second-order valence-electron chi connectivity index (χ2n) is 4.70. The lowest BCUT2D eigenvalue weighted by molar-refractivity contribution is -0.0437. The van der Waals surface area contributed by atoms with E-state index in [1.807, 2.05) is 36.4 Å². The molecule has 22 heavy (non-hydrogen) atoms. The molecule has 1 aromatic heterocycles. The number of methoxy groups -OCH3 is 1. The molecule has 0 unspecified atom stereocenters. The predicted octanol–water partition coefficient (Wildman–Crippen LogP) is 5.00. The number of halogens is 1. The normalized spacial score (nSPS) is 11.0. The summed E-state index contributed by atoms with van der Waals surface area (Å²) in [5.41, 5.74) is 0.679. The minimum absolute atomic E-state index is 0.225. The molecule has 0 radical (unpaired) electrons. The van der Waals surface area contributed by atoms with Gasteiger partial charge >= 0.3 is 0 Å². The highest BCUT2D eigenvalue weighted by Crippen LogP contribution is 2.33. The fourth-order valence-electron chi connectivity index (χ4n) is 2.12. The first-order valence-corrected chi connectivity index (χ1v) is 7.15. The number of hydrogen-bond donors (Lipinski definition) is 0. The first-order chi connectivity index (χ1) is 10.8. The molecular formula is C17H15ClO4. The molecule has 0 aliphatic carbocycles. The van der Waals surface area contributed by atoms with Crippen molar-refractivity contribution in [2.75, 3.05) is 13.9 Å². The molecule has 0 aliphatic heterocycles. The molecule has 0 atom stereocenters. The Morgan fingerprint density at radius 2 is 1.95 bits per heavy atom. The van der Waals surface area contributed by atoms with Crippen molar-refractivity contribution < 1.29 is 18.6 Å². The van der Waals surface area contributed by atoms with E-state index in [1.165, 1.54) is 0 Å². The molecule has 5 heteroatoms. The second-order valence-corrected chi connectivity index (χ2v) is 5.14. The second kappa shape index (κ2) is 6.83. The van der Waals surface area contributed by atoms with Crippen molar-refractivity contribution in [3.8, 4) is 11.5 Å². The molecule has 3 aromatic rings. The molecule has 1 heterocycles. The van der Waals surface area contributed by atoms with Crippen LogP contribution in [0.1, 0.15) is 5.76 Å². The van der Waals surface area contributed by atoms with E-state index >= 15 is 0 Å². The van der Waals surface area contributed by atoms with E-state index in [4.69, 9.17) is 30.2 Å². The summed E-state index contributed by atoms with van der Waals surface area (Å²) in [6.45, 7) is 0.571. The van der Waals surface area contributed by atoms with Gasteiger partial charge in [0.15, 0.2) is 11.3 Å². The molecule has 0 saturated carbocycles. The molecule has 0 fully saturated rings. The number of para-hydroxylation sites is 1. The molecule has 114 valence electrons. The number of rotatable bonds is 6. The summed E-state index contributed by atoms with van der Waals surface area (Å²) in [6, 6.07) is 14.9. The maximum atomic E-state index is 5.97. The van der Waals surface area contributed by atoms with Crippen molar-refractivity contribution in [1.29, 1.82) is 0 Å². The minimum Gasteiger partial charge on any atom is -0.455 e. The standard InChI is InChI=1S/C17H15ClO4/c1-19-11-20-10-15-8-12-4-2-7-16(17(12)22-15)21-14-6-3-5-13(18)9-14/h2-9H,10-11H2,1H3. The lowest BCUT2D eigenvalue weighted by Crippen LogP contribution is -1.95. The first-order valence-electron chi connectivity index (χ1n) is 6.78. The number of hydrogen-bond acceptors (Lipinski definition) is 4. The van der Waals surface area contributed by atoms with Crippen molar-refractivity contribution in [3.63, 3.8) is 0 Å². The highest BCUT2D eigenvalue weighted by molar-refractivity contribution is 6.30. The molecule has 0 saturated heterocycles. The van der Waals surface area contributed by atoms with E-state index in [-0.39, 0.29) is 6.79 Å². The van der Waals surface area contributed by atoms with Gasteiger partial charge in [-0.15, -0.1) is 0 Å². The molecule has 0 amide bonds. The number of benzene rings is 2. The molecule has 3 rings (SSSR count). The van der Waals surface area contributed by atoms with E-state index in [9.17, 15) is 0 Å². The Labute approximate surface area is 133 Å². The average molecular weight is 319 g/mol. The van der Waals surface area contributed by atoms with Crippen molar-refractivity contribution in [2.45, 2.75) is 6.61 Å². The van der Waals surface area contributed by atoms with Crippen molar-refractivity contribution >= 4 is 22.6 Å². The largest absolute Gasteiger partial charge is 0.455 e. The summed E-state index contributed by atoms with van der Waals surface area (Å²) in [6.07, 6.45) is 0. The van der Waals surface area contributed by atoms with Gasteiger partial charge in [-0.25, -0.2) is 0 Å². The van der Waals surface area contributed by atoms with Crippen molar-refractivity contribution in [1.82, 2.24) is 0 Å². The fourth-order valence-corrected chi connectivity index (χ4v) is 2.30. The van der Waals surface area contributed by atoms with Gasteiger partial charge in [0, 0.05) is 17.5 Å². The van der Waals surface area contributed by atoms with Gasteiger partial charge in [0.05, 0.1) is 0 Å². The Kier molecular flexibility index (Phi) is 4.63. The molecule has 0 bridgehead atoms. The predicted molar refractivity (Wildman–Crippen MR) is 84.4 cm³/mol. The van der Waals surface area contributed by atoms with Gasteiger partial charge in [0.25, 0.3) is 0 Å². The fraction of sp³-hybridized carbons (Fsp3) is 0.176. The summed E-state index contributed by atoms with van der Waals surface area (Å²) in [5.74, 6) is 2.01. The molecule has 4 nitrogen and oxygen atoms in total. The Balaban J connectivity index is 1.86. The van der Waals surface area contributed by atoms with Crippen LogP contribution in [0.15, 0.2) is 52.9 Å². The molecule has 2 aromatic carbocycles. The average Bonchev–Trinajstić information content (AvgIpc) is 2.92. The van der Waals surface area contributed by atoms with Crippen LogP contribution in [0.3, 0.4) is 0 Å². The zero-order valence-corrected chi connectivity index (χ0v) is 12.8. The van der Waals surface area contributed by atoms with Gasteiger partial charge in [-0.05, 0) is 30.3 Å². The van der Waals surface area contributed by atoms with E-state index < -0.39 is 0 Å². The van der Waals surface area contributed by atoms with E-state index in [1.54, 1.807) is 19.2 Å². The smallest absolute Gasteiger partial charge is 0.176 e. The minimum atomic E-state index is 0.225. The molecule has 0 aliphatic rings. The van der Waals surface area contributed by atoms with E-state index in [2.05, 4.69) is 0 Å². The first kappa shape index (κ1) is 14.9. The lowest BCUT2D eigenvalue weighted by Gasteiger charge is -2.06. The number of fused-ring (bicyclic) bond motifs is 1. The monoisotopic (exact) mass is 318 g/mol. The van der Waals surface area contributed by atoms with Crippen LogP contribution in [0, 0.1) is 0 Å². The summed E-state index contributed by atoms with van der Waals surface area (Å²) in [4.78, 5) is 0. The Morgan fingerprint density at radius 1 is 1.09 bits per heavy atom. The Morgan fingerprint density at radius 3 is 2.77 bits per heavy atom. The van der Waals surface area contributed by atoms with Gasteiger partial charge in [0.1, 0.15) is 24.9 Å². The Hall–Kier alpha value is -2.01. The van der Waals surface area contributed by atoms with Crippen LogP contribution in [-0.2, 0) is 16.1 Å². The lowest BCUT2D eigenvalue weighted by atomic mass is 10.2. The zero-order chi connectivity index (χ0) is 15.4. The van der Waals surface area contributed by atoms with E-state index in [0.717, 1.165) is 5.39 Å². The highest BCUT2D eigenvalue weighted by atomic mass is 35.5. The van der Waals surface area contributed by atoms with Crippen LogP contribution in [0.25, 0.3) is 11.0 Å². The van der Waals surface area contributed by atoms with Gasteiger partial charge in [-0.2, -0.15) is 0 Å². The van der Waals surface area contributed by atoms with Crippen LogP contribution in [-0.4, -0.2) is 13.9 Å². The topological polar surface area (TPSA) is 40.8 Å². The van der Waals surface area contributed by atoms with Crippen LogP contribution in [0.2, 0.25) is 5.02 Å². The maximum absolute atomic E-state index is 5.97. The third-order valence-corrected chi connectivity index (χ3v) is 3.26. The molecule has 0 spiro atoms. The van der Waals surface area contributed by atoms with Crippen LogP contribution in [0.5, 0.6) is 11.5 Å². The third-order valence-electron chi connectivity index (χ3n) is 3.03. The molecular weight excluding hydrogens is 304 g/mol. The van der Waals surface area contributed by atoms with Gasteiger partial charge in [0.2, 0.25) is 0 Å². The third kappa shape index (κ3) is 3.42. The number of furan rings is 1. The van der Waals surface area contributed by atoms with Gasteiger partial charge in [-0.3, -0.25) is 0 Å². The van der Waals surface area contributed by atoms with Crippen molar-refractivity contribution in [2.24, 2.45) is 0 Å². The quantitative estimate of drug-likeness (QED) is 0.474. The summed E-state index contributed by atoms with van der Waals surface area (Å²) >= 11 is 5.97. The van der Waals surface area contributed by atoms with Crippen molar-refractivity contribution in [3.05, 3.63) is 59.3 Å². The van der Waals surface area contributed by atoms with Crippen LogP contribution >= 0.6 is 11.6 Å². The van der Waals surface area contributed by atoms with Gasteiger partial charge in [-0.1, -0.05) is 29.8 Å². The number of ether oxygens (including phenoxy) is 3. The van der Waals surface area contributed by atoms with Crippen LogP contribution < -0.4 is 4.74 Å². The van der Waals surface area contributed by atoms with Gasteiger partial charge < -0.3 is 18.6 Å².